The number of para-hydroxylation sites is 1. The maximum Gasteiger partial charge on any atom is 0.152 e. The summed E-state index contributed by atoms with van der Waals surface area (Å²) in [6.07, 6.45) is 0.861. The summed E-state index contributed by atoms with van der Waals surface area (Å²) in [4.78, 5) is 15.5. The molecule has 0 N–H and O–H groups in total. The molecule has 0 amide bonds. The first-order valence-corrected chi connectivity index (χ1v) is 6.31. The molecule has 2 rings (SSSR count). The number of nitrogens with zero attached hydrogens (tertiary/aromatic N) is 1. The van der Waals surface area contributed by atoms with Crippen molar-refractivity contribution in [3.8, 4) is 0 Å². The van der Waals surface area contributed by atoms with Gasteiger partial charge in [-0.05, 0) is 19.1 Å². The Labute approximate surface area is 105 Å². The highest BCUT2D eigenvalue weighted by Crippen LogP contribution is 2.24. The van der Waals surface area contributed by atoms with Crippen LogP contribution in [0.5, 0.6) is 0 Å². The topological polar surface area (TPSA) is 30.0 Å². The SMILES string of the molecule is C=C(C)CSc1nc2ccccc2cc1C=O. The molecule has 0 saturated carbocycles. The molecule has 3 heteroatoms. The van der Waals surface area contributed by atoms with Crippen LogP contribution in [0.4, 0.5) is 0 Å². The number of rotatable bonds is 4. The van der Waals surface area contributed by atoms with Gasteiger partial charge in [0.25, 0.3) is 0 Å². The van der Waals surface area contributed by atoms with E-state index in [4.69, 9.17) is 0 Å². The third kappa shape index (κ3) is 2.74. The van der Waals surface area contributed by atoms with Crippen LogP contribution in [-0.4, -0.2) is 17.0 Å². The molecule has 0 atom stereocenters. The lowest BCUT2D eigenvalue weighted by Gasteiger charge is -2.05. The third-order valence-corrected chi connectivity index (χ3v) is 3.54. The van der Waals surface area contributed by atoms with Crippen LogP contribution in [0.15, 0.2) is 47.5 Å². The van der Waals surface area contributed by atoms with Gasteiger partial charge >= 0.3 is 0 Å². The van der Waals surface area contributed by atoms with Gasteiger partial charge in [0.05, 0.1) is 5.52 Å². The lowest BCUT2D eigenvalue weighted by Crippen LogP contribution is -1.92. The van der Waals surface area contributed by atoms with Gasteiger partial charge in [-0.2, -0.15) is 0 Å². The number of carbonyl (C=O) groups excluding carboxylic acids is 1. The van der Waals surface area contributed by atoms with Crippen molar-refractivity contribution < 1.29 is 4.79 Å². The van der Waals surface area contributed by atoms with Crippen molar-refractivity contribution in [3.63, 3.8) is 0 Å². The molecule has 1 aromatic carbocycles. The first-order chi connectivity index (χ1) is 8.20. The first kappa shape index (κ1) is 11.9. The monoisotopic (exact) mass is 243 g/mol. The Hall–Kier alpha value is -1.61. The number of benzene rings is 1. The molecule has 0 bridgehead atoms. The van der Waals surface area contributed by atoms with E-state index in [1.165, 1.54) is 0 Å². The molecule has 0 aliphatic rings. The summed E-state index contributed by atoms with van der Waals surface area (Å²) in [6.45, 7) is 5.82. The molecule has 86 valence electrons. The highest BCUT2D eigenvalue weighted by molar-refractivity contribution is 7.99. The summed E-state index contributed by atoms with van der Waals surface area (Å²) in [6, 6.07) is 9.69. The van der Waals surface area contributed by atoms with Crippen molar-refractivity contribution in [1.82, 2.24) is 4.98 Å². The Morgan fingerprint density at radius 2 is 2.24 bits per heavy atom. The molecular weight excluding hydrogens is 230 g/mol. The van der Waals surface area contributed by atoms with E-state index in [0.717, 1.165) is 33.5 Å². The summed E-state index contributed by atoms with van der Waals surface area (Å²) in [7, 11) is 0. The molecule has 1 heterocycles. The molecule has 0 unspecified atom stereocenters. The molecule has 0 aliphatic carbocycles. The largest absolute Gasteiger partial charge is 0.298 e. The van der Waals surface area contributed by atoms with Crippen LogP contribution in [0.3, 0.4) is 0 Å². The number of pyridine rings is 1. The van der Waals surface area contributed by atoms with Crippen LogP contribution in [-0.2, 0) is 0 Å². The summed E-state index contributed by atoms with van der Waals surface area (Å²) in [5, 5.41) is 1.77. The molecule has 0 aliphatic heterocycles. The zero-order valence-corrected chi connectivity index (χ0v) is 10.5. The van der Waals surface area contributed by atoms with E-state index >= 15 is 0 Å². The predicted molar refractivity (Wildman–Crippen MR) is 72.7 cm³/mol. The molecule has 2 nitrogen and oxygen atoms in total. The van der Waals surface area contributed by atoms with Gasteiger partial charge in [-0.3, -0.25) is 4.79 Å². The molecule has 17 heavy (non-hydrogen) atoms. The van der Waals surface area contributed by atoms with E-state index < -0.39 is 0 Å². The van der Waals surface area contributed by atoms with Crippen LogP contribution in [0, 0.1) is 0 Å². The second-order valence-corrected chi connectivity index (χ2v) is 4.90. The summed E-state index contributed by atoms with van der Waals surface area (Å²) in [5.41, 5.74) is 2.64. The van der Waals surface area contributed by atoms with Gasteiger partial charge in [-0.1, -0.05) is 30.4 Å². The average molecular weight is 243 g/mol. The van der Waals surface area contributed by atoms with Crippen LogP contribution in [0.2, 0.25) is 0 Å². The zero-order valence-electron chi connectivity index (χ0n) is 9.64. The molecule has 0 fully saturated rings. The van der Waals surface area contributed by atoms with Crippen molar-refractivity contribution in [2.75, 3.05) is 5.75 Å². The highest BCUT2D eigenvalue weighted by Gasteiger charge is 2.06. The van der Waals surface area contributed by atoms with Crippen LogP contribution in [0.1, 0.15) is 17.3 Å². The van der Waals surface area contributed by atoms with Crippen molar-refractivity contribution in [2.45, 2.75) is 11.9 Å². The van der Waals surface area contributed by atoms with Crippen LogP contribution < -0.4 is 0 Å². The molecule has 2 aromatic rings. The molecule has 0 spiro atoms. The van der Waals surface area contributed by atoms with Crippen LogP contribution >= 0.6 is 11.8 Å². The van der Waals surface area contributed by atoms with E-state index in [1.807, 2.05) is 37.3 Å². The van der Waals surface area contributed by atoms with Gasteiger partial charge in [0.1, 0.15) is 5.03 Å². The Morgan fingerprint density at radius 3 is 2.94 bits per heavy atom. The fourth-order valence-electron chi connectivity index (χ4n) is 1.51. The number of fused-ring (bicyclic) bond motifs is 1. The van der Waals surface area contributed by atoms with Crippen molar-refractivity contribution >= 4 is 29.0 Å². The van der Waals surface area contributed by atoms with Crippen molar-refractivity contribution in [3.05, 3.63) is 48.0 Å². The Morgan fingerprint density at radius 1 is 1.47 bits per heavy atom. The second-order valence-electron chi connectivity index (χ2n) is 3.94. The number of aldehydes is 1. The van der Waals surface area contributed by atoms with Gasteiger partial charge in [-0.25, -0.2) is 4.98 Å². The number of carbonyl (C=O) groups is 1. The van der Waals surface area contributed by atoms with Gasteiger partial charge in [0.15, 0.2) is 6.29 Å². The number of hydrogen-bond donors (Lipinski definition) is 0. The fourth-order valence-corrected chi connectivity index (χ4v) is 2.33. The van der Waals surface area contributed by atoms with E-state index in [9.17, 15) is 4.79 Å². The fraction of sp³-hybridized carbons (Fsp3) is 0.143. The summed E-state index contributed by atoms with van der Waals surface area (Å²) >= 11 is 1.55. The predicted octanol–water partition coefficient (Wildman–Crippen LogP) is 3.72. The standard InChI is InChI=1S/C14H13NOS/c1-10(2)9-17-14-12(8-16)7-11-5-3-4-6-13(11)15-14/h3-8H,1,9H2,2H3. The number of aromatic nitrogens is 1. The van der Waals surface area contributed by atoms with Crippen LogP contribution in [0.25, 0.3) is 10.9 Å². The normalized spacial score (nSPS) is 10.4. The molecular formula is C14H13NOS. The molecule has 1 aromatic heterocycles. The Bertz CT molecular complexity index is 577. The van der Waals surface area contributed by atoms with Crippen molar-refractivity contribution in [2.24, 2.45) is 0 Å². The number of thioether (sulfide) groups is 1. The lowest BCUT2D eigenvalue weighted by molar-refractivity contribution is 0.112. The first-order valence-electron chi connectivity index (χ1n) is 5.33. The van der Waals surface area contributed by atoms with Gasteiger partial charge in [-0.15, -0.1) is 11.8 Å². The summed E-state index contributed by atoms with van der Waals surface area (Å²) in [5.74, 6) is 0.784. The Kier molecular flexibility index (Phi) is 3.59. The molecule has 0 radical (unpaired) electrons. The Balaban J connectivity index is 2.45. The van der Waals surface area contributed by atoms with Gasteiger partial charge in [0, 0.05) is 16.7 Å². The minimum Gasteiger partial charge on any atom is -0.298 e. The minimum atomic E-state index is 0.648. The highest BCUT2D eigenvalue weighted by atomic mass is 32.2. The van der Waals surface area contributed by atoms with E-state index in [0.29, 0.717) is 5.56 Å². The van der Waals surface area contributed by atoms with E-state index in [2.05, 4.69) is 11.6 Å². The molecule has 0 saturated heterocycles. The maximum absolute atomic E-state index is 11.0. The maximum atomic E-state index is 11.0. The zero-order chi connectivity index (χ0) is 12.3. The third-order valence-electron chi connectivity index (χ3n) is 2.30. The van der Waals surface area contributed by atoms with Crippen molar-refractivity contribution in [1.29, 1.82) is 0 Å². The minimum absolute atomic E-state index is 0.648. The average Bonchev–Trinajstić information content (AvgIpc) is 2.35. The smallest absolute Gasteiger partial charge is 0.152 e. The second kappa shape index (κ2) is 5.15. The van der Waals surface area contributed by atoms with E-state index in [1.54, 1.807) is 11.8 Å². The quantitative estimate of drug-likeness (QED) is 0.466. The number of hydrogen-bond acceptors (Lipinski definition) is 3. The van der Waals surface area contributed by atoms with Gasteiger partial charge in [0.2, 0.25) is 0 Å². The van der Waals surface area contributed by atoms with Gasteiger partial charge < -0.3 is 0 Å². The summed E-state index contributed by atoms with van der Waals surface area (Å²) < 4.78 is 0. The van der Waals surface area contributed by atoms with E-state index in [-0.39, 0.29) is 0 Å². The lowest BCUT2D eigenvalue weighted by atomic mass is 10.2.